The second-order valence-electron chi connectivity index (χ2n) is 2.61. The lowest BCUT2D eigenvalue weighted by Gasteiger charge is -2.01. The Morgan fingerprint density at radius 1 is 0.923 bits per heavy atom. The minimum absolute atomic E-state index is 0.875. The first-order valence-corrected chi connectivity index (χ1v) is 4.46. The van der Waals surface area contributed by atoms with Gasteiger partial charge in [0.05, 0.1) is 21.6 Å². The molecule has 61 valence electrons. The third kappa shape index (κ3) is 1.65. The van der Waals surface area contributed by atoms with Gasteiger partial charge in [-0.15, -0.1) is 0 Å². The molecule has 2 rings (SSSR count). The summed E-state index contributed by atoms with van der Waals surface area (Å²) in [7, 11) is 3.48. The first kappa shape index (κ1) is 8.13. The van der Waals surface area contributed by atoms with Gasteiger partial charge in [0.2, 0.25) is 0 Å². The molecule has 0 aromatic carbocycles. The second-order valence-corrected chi connectivity index (χ2v) is 3.15. The topological polar surface area (TPSA) is 25.8 Å². The van der Waals surface area contributed by atoms with Crippen LogP contribution in [-0.2, 0) is 0 Å². The number of aromatic nitrogens is 2. The van der Waals surface area contributed by atoms with Crippen LogP contribution in [0, 0.1) is 0 Å². The van der Waals surface area contributed by atoms with E-state index in [1.807, 2.05) is 30.3 Å². The van der Waals surface area contributed by atoms with Crippen LogP contribution in [0.3, 0.4) is 0 Å². The van der Waals surface area contributed by atoms with Crippen LogP contribution in [0.15, 0.2) is 42.7 Å². The molecule has 2 nitrogen and oxygen atoms in total. The van der Waals surface area contributed by atoms with Crippen molar-refractivity contribution < 1.29 is 0 Å². The molecule has 2 aromatic heterocycles. The first-order chi connectivity index (χ1) is 6.38. The van der Waals surface area contributed by atoms with Gasteiger partial charge in [-0.25, -0.2) is 0 Å². The lowest BCUT2D eigenvalue weighted by Crippen LogP contribution is -2.08. The van der Waals surface area contributed by atoms with Crippen LogP contribution >= 0.6 is 0 Å². The van der Waals surface area contributed by atoms with Crippen LogP contribution < -0.4 is 5.19 Å². The molecule has 0 spiro atoms. The van der Waals surface area contributed by atoms with Gasteiger partial charge in [-0.1, -0.05) is 12.1 Å². The van der Waals surface area contributed by atoms with Gasteiger partial charge >= 0.3 is 0 Å². The summed E-state index contributed by atoms with van der Waals surface area (Å²) < 4.78 is 0. The van der Waals surface area contributed by atoms with Crippen LogP contribution in [0.5, 0.6) is 0 Å². The highest BCUT2D eigenvalue weighted by atomic mass is 28.1. The minimum atomic E-state index is 0.875. The molecule has 0 saturated heterocycles. The molecule has 2 aromatic rings. The molecular formula is C10H7N2Si. The van der Waals surface area contributed by atoms with Gasteiger partial charge in [0.1, 0.15) is 0 Å². The monoisotopic (exact) mass is 183 g/mol. The minimum Gasteiger partial charge on any atom is -0.255 e. The highest BCUT2D eigenvalue weighted by molar-refractivity contribution is 6.35. The zero-order valence-electron chi connectivity index (χ0n) is 6.94. The molecule has 0 aliphatic heterocycles. The Morgan fingerprint density at radius 2 is 1.77 bits per heavy atom. The fourth-order valence-electron chi connectivity index (χ4n) is 1.11. The van der Waals surface area contributed by atoms with E-state index in [0.717, 1.165) is 16.6 Å². The van der Waals surface area contributed by atoms with Crippen molar-refractivity contribution in [2.24, 2.45) is 0 Å². The van der Waals surface area contributed by atoms with Gasteiger partial charge in [0.15, 0.2) is 0 Å². The van der Waals surface area contributed by atoms with E-state index in [-0.39, 0.29) is 0 Å². The number of nitrogens with zero attached hydrogens (tertiary/aromatic N) is 2. The van der Waals surface area contributed by atoms with E-state index in [0.29, 0.717) is 0 Å². The van der Waals surface area contributed by atoms with Crippen molar-refractivity contribution in [3.05, 3.63) is 42.7 Å². The van der Waals surface area contributed by atoms with Crippen molar-refractivity contribution >= 4 is 15.4 Å². The predicted molar refractivity (Wildman–Crippen MR) is 52.9 cm³/mol. The van der Waals surface area contributed by atoms with Crippen LogP contribution in [0.1, 0.15) is 0 Å². The van der Waals surface area contributed by atoms with Crippen molar-refractivity contribution in [3.8, 4) is 11.4 Å². The van der Waals surface area contributed by atoms with Crippen LogP contribution in [-0.4, -0.2) is 20.2 Å². The van der Waals surface area contributed by atoms with Crippen molar-refractivity contribution in [2.45, 2.75) is 0 Å². The van der Waals surface area contributed by atoms with Crippen molar-refractivity contribution in [1.29, 1.82) is 0 Å². The average Bonchev–Trinajstić information content (AvgIpc) is 2.20. The molecule has 0 aliphatic carbocycles. The van der Waals surface area contributed by atoms with E-state index in [9.17, 15) is 0 Å². The maximum absolute atomic E-state index is 4.24. The largest absolute Gasteiger partial charge is 0.255 e. The van der Waals surface area contributed by atoms with Gasteiger partial charge < -0.3 is 0 Å². The summed E-state index contributed by atoms with van der Waals surface area (Å²) in [6.07, 6.45) is 3.52. The van der Waals surface area contributed by atoms with Crippen LogP contribution in [0.2, 0.25) is 0 Å². The third-order valence-electron chi connectivity index (χ3n) is 1.72. The number of hydrogen-bond acceptors (Lipinski definition) is 2. The van der Waals surface area contributed by atoms with Crippen LogP contribution in [0.25, 0.3) is 11.4 Å². The van der Waals surface area contributed by atoms with E-state index in [2.05, 4.69) is 20.2 Å². The summed E-state index contributed by atoms with van der Waals surface area (Å²) in [5, 5.41) is 0.959. The normalized spacial score (nSPS) is 9.92. The molecule has 0 amide bonds. The van der Waals surface area contributed by atoms with E-state index < -0.39 is 0 Å². The SMILES string of the molecule is [Si]c1cccnc1-c1ccccn1. The van der Waals surface area contributed by atoms with Crippen molar-refractivity contribution in [2.75, 3.05) is 0 Å². The molecule has 0 aliphatic rings. The number of rotatable bonds is 1. The smallest absolute Gasteiger partial charge is 0.0884 e. The average molecular weight is 183 g/mol. The molecule has 2 heterocycles. The molecule has 3 radical (unpaired) electrons. The van der Waals surface area contributed by atoms with E-state index >= 15 is 0 Å². The lowest BCUT2D eigenvalue weighted by atomic mass is 10.2. The summed E-state index contributed by atoms with van der Waals surface area (Å²) in [6, 6.07) is 9.61. The van der Waals surface area contributed by atoms with Gasteiger partial charge in [-0.2, -0.15) is 0 Å². The number of pyridine rings is 2. The van der Waals surface area contributed by atoms with Gasteiger partial charge in [-0.3, -0.25) is 9.97 Å². The molecular weight excluding hydrogens is 176 g/mol. The molecule has 0 saturated carbocycles. The first-order valence-electron chi connectivity index (χ1n) is 3.96. The summed E-state index contributed by atoms with van der Waals surface area (Å²) in [6.45, 7) is 0. The molecule has 0 unspecified atom stereocenters. The molecule has 0 atom stereocenters. The van der Waals surface area contributed by atoms with Crippen LogP contribution in [0.4, 0.5) is 0 Å². The Morgan fingerprint density at radius 3 is 2.46 bits per heavy atom. The Labute approximate surface area is 80.1 Å². The van der Waals surface area contributed by atoms with E-state index in [1.165, 1.54) is 0 Å². The fraction of sp³-hybridized carbons (Fsp3) is 0. The highest BCUT2D eigenvalue weighted by Crippen LogP contribution is 2.08. The molecule has 0 bridgehead atoms. The fourth-order valence-corrected chi connectivity index (χ4v) is 1.40. The summed E-state index contributed by atoms with van der Waals surface area (Å²) in [5.74, 6) is 0. The third-order valence-corrected chi connectivity index (χ3v) is 2.12. The standard InChI is InChI=1S/C10H7N2Si/c13-9-5-3-7-12-10(9)8-4-1-2-6-11-8/h1-7H. The maximum Gasteiger partial charge on any atom is 0.0884 e. The summed E-state index contributed by atoms with van der Waals surface area (Å²) >= 11 is 0. The quantitative estimate of drug-likeness (QED) is 0.615. The summed E-state index contributed by atoms with van der Waals surface area (Å²) in [5.41, 5.74) is 1.76. The molecule has 0 fully saturated rings. The predicted octanol–water partition coefficient (Wildman–Crippen LogP) is 0.937. The van der Waals surface area contributed by atoms with Gasteiger partial charge in [-0.05, 0) is 23.4 Å². The summed E-state index contributed by atoms with van der Waals surface area (Å²) in [4.78, 5) is 8.45. The molecule has 3 heteroatoms. The highest BCUT2D eigenvalue weighted by Gasteiger charge is 2.01. The van der Waals surface area contributed by atoms with E-state index in [1.54, 1.807) is 12.4 Å². The number of hydrogen-bond donors (Lipinski definition) is 0. The Balaban J connectivity index is 2.54. The molecule has 13 heavy (non-hydrogen) atoms. The molecule has 0 N–H and O–H groups in total. The Hall–Kier alpha value is -1.48. The Bertz CT molecular complexity index is 401. The van der Waals surface area contributed by atoms with Crippen molar-refractivity contribution in [1.82, 2.24) is 9.97 Å². The maximum atomic E-state index is 4.24. The van der Waals surface area contributed by atoms with Gasteiger partial charge in [0, 0.05) is 12.4 Å². The van der Waals surface area contributed by atoms with E-state index in [4.69, 9.17) is 0 Å². The zero-order chi connectivity index (χ0) is 9.10. The Kier molecular flexibility index (Phi) is 2.18. The zero-order valence-corrected chi connectivity index (χ0v) is 7.94. The lowest BCUT2D eigenvalue weighted by molar-refractivity contribution is 1.26. The second kappa shape index (κ2) is 3.49. The van der Waals surface area contributed by atoms with Gasteiger partial charge in [0.25, 0.3) is 0 Å². The van der Waals surface area contributed by atoms with Crippen molar-refractivity contribution in [3.63, 3.8) is 0 Å².